The summed E-state index contributed by atoms with van der Waals surface area (Å²) in [6.07, 6.45) is 3.13. The Morgan fingerprint density at radius 3 is 2.37 bits per heavy atom. The monoisotopic (exact) mass is 384 g/mol. The average molecular weight is 385 g/mol. The van der Waals surface area contributed by atoms with E-state index in [4.69, 9.17) is 0 Å². The van der Waals surface area contributed by atoms with Gasteiger partial charge in [0.1, 0.15) is 0 Å². The van der Waals surface area contributed by atoms with Gasteiger partial charge in [-0.15, -0.1) is 11.8 Å². The highest BCUT2D eigenvalue weighted by atomic mass is 32.2. The molecule has 2 amide bonds. The maximum Gasteiger partial charge on any atom is 0.237 e. The molecular formula is C22H28N2O2S. The van der Waals surface area contributed by atoms with Crippen molar-refractivity contribution in [1.82, 2.24) is 0 Å². The van der Waals surface area contributed by atoms with E-state index in [-0.39, 0.29) is 17.1 Å². The van der Waals surface area contributed by atoms with E-state index in [1.807, 2.05) is 62.4 Å². The lowest BCUT2D eigenvalue weighted by Gasteiger charge is -2.16. The summed E-state index contributed by atoms with van der Waals surface area (Å²) >= 11 is 1.52. The van der Waals surface area contributed by atoms with Crippen molar-refractivity contribution >= 4 is 35.0 Å². The fourth-order valence-corrected chi connectivity index (χ4v) is 3.65. The van der Waals surface area contributed by atoms with Gasteiger partial charge >= 0.3 is 0 Å². The molecule has 2 rings (SSSR count). The van der Waals surface area contributed by atoms with Crippen molar-refractivity contribution in [2.45, 2.75) is 56.6 Å². The highest BCUT2D eigenvalue weighted by molar-refractivity contribution is 8.00. The lowest BCUT2D eigenvalue weighted by molar-refractivity contribution is -0.116. The van der Waals surface area contributed by atoms with Crippen LogP contribution in [0.15, 0.2) is 53.4 Å². The predicted molar refractivity (Wildman–Crippen MR) is 114 cm³/mol. The third-order valence-electron chi connectivity index (χ3n) is 4.10. The Balaban J connectivity index is 1.99. The van der Waals surface area contributed by atoms with E-state index in [1.54, 1.807) is 0 Å². The number of unbranched alkanes of at least 4 members (excludes halogenated alkanes) is 1. The number of aryl methyl sites for hydroxylation is 1. The molecule has 0 saturated carbocycles. The molecule has 1 unspecified atom stereocenters. The van der Waals surface area contributed by atoms with Crippen molar-refractivity contribution in [2.24, 2.45) is 0 Å². The fourth-order valence-electron chi connectivity index (χ4n) is 2.64. The topological polar surface area (TPSA) is 58.2 Å². The second-order valence-corrected chi connectivity index (χ2v) is 7.83. The minimum atomic E-state index is -0.198. The molecule has 0 heterocycles. The summed E-state index contributed by atoms with van der Waals surface area (Å²) in [7, 11) is 0. The first-order valence-corrected chi connectivity index (χ1v) is 10.3. The number of anilines is 2. The number of carbonyl (C=O) groups is 2. The highest BCUT2D eigenvalue weighted by Crippen LogP contribution is 2.28. The van der Waals surface area contributed by atoms with Crippen LogP contribution in [0.3, 0.4) is 0 Å². The molecule has 0 radical (unpaired) electrons. The maximum atomic E-state index is 12.6. The highest BCUT2D eigenvalue weighted by Gasteiger charge is 2.18. The van der Waals surface area contributed by atoms with Crippen LogP contribution in [-0.4, -0.2) is 17.1 Å². The molecule has 0 aliphatic rings. The molecule has 0 aromatic heterocycles. The molecule has 144 valence electrons. The first-order chi connectivity index (χ1) is 13.0. The lowest BCUT2D eigenvalue weighted by Crippen LogP contribution is -2.24. The molecule has 0 saturated heterocycles. The molecule has 0 spiro atoms. The summed E-state index contributed by atoms with van der Waals surface area (Å²) in [4.78, 5) is 25.5. The summed E-state index contributed by atoms with van der Waals surface area (Å²) in [5.74, 6) is 0.0220. The fraction of sp³-hybridized carbons (Fsp3) is 0.364. The van der Waals surface area contributed by atoms with Crippen LogP contribution in [-0.2, 0) is 9.59 Å². The van der Waals surface area contributed by atoms with E-state index in [0.717, 1.165) is 41.1 Å². The number of benzene rings is 2. The smallest absolute Gasteiger partial charge is 0.237 e. The third kappa shape index (κ3) is 7.10. The number of nitrogens with one attached hydrogen (secondary N) is 2. The zero-order valence-corrected chi connectivity index (χ0v) is 17.1. The van der Waals surface area contributed by atoms with Gasteiger partial charge in [-0.25, -0.2) is 0 Å². The van der Waals surface area contributed by atoms with Crippen molar-refractivity contribution in [3.8, 4) is 0 Å². The quantitative estimate of drug-likeness (QED) is 0.551. The number of amides is 2. The summed E-state index contributed by atoms with van der Waals surface area (Å²) < 4.78 is 0. The first kappa shape index (κ1) is 21.0. The molecule has 4 nitrogen and oxygen atoms in total. The Kier molecular flexibility index (Phi) is 8.40. The van der Waals surface area contributed by atoms with Gasteiger partial charge in [-0.1, -0.05) is 38.5 Å². The second kappa shape index (κ2) is 10.8. The molecule has 0 aliphatic carbocycles. The van der Waals surface area contributed by atoms with E-state index in [9.17, 15) is 9.59 Å². The zero-order chi connectivity index (χ0) is 19.6. The lowest BCUT2D eigenvalue weighted by atomic mass is 10.2. The number of hydrogen-bond donors (Lipinski definition) is 2. The van der Waals surface area contributed by atoms with Gasteiger partial charge in [-0.2, -0.15) is 0 Å². The molecule has 27 heavy (non-hydrogen) atoms. The van der Waals surface area contributed by atoms with Crippen molar-refractivity contribution in [3.63, 3.8) is 0 Å². The van der Waals surface area contributed by atoms with Crippen molar-refractivity contribution in [1.29, 1.82) is 0 Å². The van der Waals surface area contributed by atoms with Crippen LogP contribution < -0.4 is 10.6 Å². The normalized spacial score (nSPS) is 11.7. The van der Waals surface area contributed by atoms with Crippen LogP contribution in [0, 0.1) is 6.92 Å². The number of thioether (sulfide) groups is 1. The molecule has 2 aromatic carbocycles. The first-order valence-electron chi connectivity index (χ1n) is 9.46. The molecule has 0 fully saturated rings. The van der Waals surface area contributed by atoms with Crippen molar-refractivity contribution in [2.75, 3.05) is 10.6 Å². The summed E-state index contributed by atoms with van der Waals surface area (Å²) in [5.41, 5.74) is 2.70. The third-order valence-corrected chi connectivity index (χ3v) is 5.46. The van der Waals surface area contributed by atoms with E-state index in [1.165, 1.54) is 11.8 Å². The zero-order valence-electron chi connectivity index (χ0n) is 16.2. The van der Waals surface area contributed by atoms with Crippen LogP contribution in [0.2, 0.25) is 0 Å². The van der Waals surface area contributed by atoms with Crippen molar-refractivity contribution in [3.05, 3.63) is 54.1 Å². The molecule has 1 atom stereocenters. The Morgan fingerprint density at radius 1 is 1.00 bits per heavy atom. The van der Waals surface area contributed by atoms with Gasteiger partial charge in [0.2, 0.25) is 11.8 Å². The van der Waals surface area contributed by atoms with E-state index >= 15 is 0 Å². The van der Waals surface area contributed by atoms with Gasteiger partial charge in [-0.05, 0) is 55.7 Å². The van der Waals surface area contributed by atoms with Gasteiger partial charge in [0.15, 0.2) is 0 Å². The minimum absolute atomic E-state index is 0.00881. The molecule has 2 N–H and O–H groups in total. The Morgan fingerprint density at radius 2 is 1.70 bits per heavy atom. The van der Waals surface area contributed by atoms with Crippen molar-refractivity contribution < 1.29 is 9.59 Å². The van der Waals surface area contributed by atoms with Gasteiger partial charge in [-0.3, -0.25) is 9.59 Å². The van der Waals surface area contributed by atoms with Crippen LogP contribution in [0.25, 0.3) is 0 Å². The van der Waals surface area contributed by atoms with E-state index in [2.05, 4.69) is 17.6 Å². The predicted octanol–water partition coefficient (Wildman–Crippen LogP) is 5.63. The van der Waals surface area contributed by atoms with Crippen LogP contribution in [0.5, 0.6) is 0 Å². The summed E-state index contributed by atoms with van der Waals surface area (Å²) in [6, 6.07) is 15.5. The number of carbonyl (C=O) groups excluding carboxylic acids is 2. The van der Waals surface area contributed by atoms with Gasteiger partial charge in [0, 0.05) is 22.7 Å². The summed E-state index contributed by atoms with van der Waals surface area (Å²) in [5, 5.41) is 5.73. The van der Waals surface area contributed by atoms with Gasteiger partial charge in [0.05, 0.1) is 5.25 Å². The molecule has 2 aromatic rings. The van der Waals surface area contributed by atoms with Gasteiger partial charge in [0.25, 0.3) is 0 Å². The average Bonchev–Trinajstić information content (AvgIpc) is 2.64. The molecule has 0 aliphatic heterocycles. The van der Waals surface area contributed by atoms with Gasteiger partial charge < -0.3 is 10.6 Å². The molecular weight excluding hydrogens is 356 g/mol. The maximum absolute atomic E-state index is 12.6. The summed E-state index contributed by atoms with van der Waals surface area (Å²) in [6.45, 7) is 6.07. The Labute approximate surface area is 166 Å². The Hall–Kier alpha value is -2.27. The number of rotatable bonds is 9. The van der Waals surface area contributed by atoms with E-state index < -0.39 is 0 Å². The standard InChI is InChI=1S/C22H28N2O2S/c1-4-6-13-21(25)23-18-11-8-12-19(15-18)27-20(5-2)22(26)24-17-10-7-9-16(3)14-17/h7-12,14-15,20H,4-6,13H2,1-3H3,(H,23,25)(H,24,26). The van der Waals surface area contributed by atoms with Crippen LogP contribution in [0.4, 0.5) is 11.4 Å². The largest absolute Gasteiger partial charge is 0.326 e. The van der Waals surface area contributed by atoms with E-state index in [0.29, 0.717) is 6.42 Å². The Bertz CT molecular complexity index is 776. The molecule has 5 heteroatoms. The second-order valence-electron chi connectivity index (χ2n) is 6.55. The van der Waals surface area contributed by atoms with Crippen LogP contribution >= 0.6 is 11.8 Å². The SMILES string of the molecule is CCCCC(=O)Nc1cccc(SC(CC)C(=O)Nc2cccc(C)c2)c1. The van der Waals surface area contributed by atoms with Crippen LogP contribution in [0.1, 0.15) is 45.1 Å². The number of hydrogen-bond acceptors (Lipinski definition) is 3. The minimum Gasteiger partial charge on any atom is -0.326 e. The molecule has 0 bridgehead atoms.